The Hall–Kier alpha value is -2.61. The van der Waals surface area contributed by atoms with Crippen molar-refractivity contribution in [2.75, 3.05) is 0 Å². The number of ether oxygens (including phenoxy) is 1. The highest BCUT2D eigenvalue weighted by atomic mass is 16.5. The SMILES string of the molecule is CC/C=C\C/C=C\C/C=C\C/C=C\C/C=C\CC(C)CC(=O)Oc1ccc(C(C)(C)C)cc1. The highest BCUT2D eigenvalue weighted by molar-refractivity contribution is 5.72. The Morgan fingerprint density at radius 2 is 1.24 bits per heavy atom. The smallest absolute Gasteiger partial charge is 0.311 e. The van der Waals surface area contributed by atoms with Gasteiger partial charge in [0.2, 0.25) is 0 Å². The fourth-order valence-electron chi connectivity index (χ4n) is 3.14. The molecule has 0 amide bonds. The van der Waals surface area contributed by atoms with Gasteiger partial charge in [-0.3, -0.25) is 4.79 Å². The molecule has 1 aromatic carbocycles. The zero-order chi connectivity index (χ0) is 24.4. The van der Waals surface area contributed by atoms with Crippen LogP contribution in [0.1, 0.15) is 85.1 Å². The maximum Gasteiger partial charge on any atom is 0.311 e. The average molecular weight is 449 g/mol. The number of hydrogen-bond acceptors (Lipinski definition) is 2. The van der Waals surface area contributed by atoms with Crippen LogP contribution < -0.4 is 4.74 Å². The van der Waals surface area contributed by atoms with E-state index in [-0.39, 0.29) is 17.3 Å². The van der Waals surface area contributed by atoms with Crippen LogP contribution in [-0.2, 0) is 10.2 Å². The van der Waals surface area contributed by atoms with Gasteiger partial charge in [0.15, 0.2) is 0 Å². The van der Waals surface area contributed by atoms with Crippen molar-refractivity contribution in [1.82, 2.24) is 0 Å². The maximum absolute atomic E-state index is 12.2. The summed E-state index contributed by atoms with van der Waals surface area (Å²) in [6.07, 6.45) is 28.3. The van der Waals surface area contributed by atoms with Crippen LogP contribution >= 0.6 is 0 Å². The van der Waals surface area contributed by atoms with Crippen LogP contribution in [0.3, 0.4) is 0 Å². The van der Waals surface area contributed by atoms with E-state index in [9.17, 15) is 4.79 Å². The molecule has 1 unspecified atom stereocenters. The zero-order valence-corrected chi connectivity index (χ0v) is 21.4. The summed E-state index contributed by atoms with van der Waals surface area (Å²) < 4.78 is 5.49. The number of esters is 1. The lowest BCUT2D eigenvalue weighted by Gasteiger charge is -2.19. The van der Waals surface area contributed by atoms with Crippen molar-refractivity contribution in [1.29, 1.82) is 0 Å². The lowest BCUT2D eigenvalue weighted by atomic mass is 9.87. The predicted molar refractivity (Wildman–Crippen MR) is 144 cm³/mol. The highest BCUT2D eigenvalue weighted by Crippen LogP contribution is 2.24. The monoisotopic (exact) mass is 448 g/mol. The van der Waals surface area contributed by atoms with E-state index in [1.54, 1.807) is 0 Å². The summed E-state index contributed by atoms with van der Waals surface area (Å²) in [7, 11) is 0. The molecule has 0 aromatic heterocycles. The second-order valence-electron chi connectivity index (χ2n) is 9.50. The van der Waals surface area contributed by atoms with Crippen molar-refractivity contribution in [3.8, 4) is 5.75 Å². The molecule has 0 aliphatic carbocycles. The number of carbonyl (C=O) groups is 1. The summed E-state index contributed by atoms with van der Waals surface area (Å²) >= 11 is 0. The van der Waals surface area contributed by atoms with E-state index in [0.717, 1.165) is 38.5 Å². The average Bonchev–Trinajstić information content (AvgIpc) is 2.76. The molecule has 1 rings (SSSR count). The van der Waals surface area contributed by atoms with Gasteiger partial charge in [0.1, 0.15) is 5.75 Å². The van der Waals surface area contributed by atoms with Crippen molar-refractivity contribution in [2.45, 2.75) is 85.0 Å². The third-order valence-electron chi connectivity index (χ3n) is 5.16. The Morgan fingerprint density at radius 1 is 0.788 bits per heavy atom. The quantitative estimate of drug-likeness (QED) is 0.161. The molecule has 2 heteroatoms. The van der Waals surface area contributed by atoms with E-state index in [0.29, 0.717) is 12.2 Å². The largest absolute Gasteiger partial charge is 0.427 e. The third-order valence-corrected chi connectivity index (χ3v) is 5.16. The predicted octanol–water partition coefficient (Wildman–Crippen LogP) is 9.06. The van der Waals surface area contributed by atoms with Crippen LogP contribution in [0.15, 0.2) is 85.0 Å². The van der Waals surface area contributed by atoms with Gasteiger partial charge in [0, 0.05) is 6.42 Å². The third kappa shape index (κ3) is 15.0. The van der Waals surface area contributed by atoms with Crippen LogP contribution in [0.25, 0.3) is 0 Å². The van der Waals surface area contributed by atoms with Crippen LogP contribution in [-0.4, -0.2) is 5.97 Å². The van der Waals surface area contributed by atoms with Gasteiger partial charge in [-0.15, -0.1) is 0 Å². The minimum Gasteiger partial charge on any atom is -0.427 e. The number of carbonyl (C=O) groups excluding carboxylic acids is 1. The fraction of sp³-hybridized carbons (Fsp3) is 0.452. The molecule has 0 radical (unpaired) electrons. The number of allylic oxidation sites excluding steroid dienone is 10. The fourth-order valence-corrected chi connectivity index (χ4v) is 3.14. The summed E-state index contributed by atoms with van der Waals surface area (Å²) in [4.78, 5) is 12.2. The first-order valence-electron chi connectivity index (χ1n) is 12.4. The van der Waals surface area contributed by atoms with Gasteiger partial charge in [-0.25, -0.2) is 0 Å². The summed E-state index contributed by atoms with van der Waals surface area (Å²) in [6, 6.07) is 7.83. The molecule has 0 spiro atoms. The molecule has 1 aromatic rings. The molecule has 33 heavy (non-hydrogen) atoms. The van der Waals surface area contributed by atoms with Gasteiger partial charge in [0.25, 0.3) is 0 Å². The standard InChI is InChI=1S/C31H44O2/c1-6-7-8-9-10-11-12-13-14-15-16-17-18-19-20-21-27(2)26-30(32)33-29-24-22-28(23-25-29)31(3,4)5/h7-8,10-11,13-14,16-17,19-20,22-25,27H,6,9,12,15,18,21,26H2,1-5H3/b8-7-,11-10-,14-13-,17-16-,20-19-. The number of rotatable bonds is 14. The Labute approximate surface area is 202 Å². The summed E-state index contributed by atoms with van der Waals surface area (Å²) in [6.45, 7) is 10.8. The van der Waals surface area contributed by atoms with Crippen molar-refractivity contribution < 1.29 is 9.53 Å². The molecule has 180 valence electrons. The van der Waals surface area contributed by atoms with Crippen molar-refractivity contribution in [3.05, 3.63) is 90.6 Å². The zero-order valence-electron chi connectivity index (χ0n) is 21.4. The van der Waals surface area contributed by atoms with Gasteiger partial charge in [-0.2, -0.15) is 0 Å². The molecular formula is C31H44O2. The summed E-state index contributed by atoms with van der Waals surface area (Å²) in [5.74, 6) is 0.716. The van der Waals surface area contributed by atoms with Gasteiger partial charge >= 0.3 is 5.97 Å². The van der Waals surface area contributed by atoms with Gasteiger partial charge < -0.3 is 4.74 Å². The molecule has 0 aliphatic rings. The Balaban J connectivity index is 2.17. The normalized spacial score (nSPS) is 13.8. The van der Waals surface area contributed by atoms with Crippen molar-refractivity contribution in [3.63, 3.8) is 0 Å². The molecule has 0 heterocycles. The lowest BCUT2D eigenvalue weighted by Crippen LogP contribution is -2.13. The van der Waals surface area contributed by atoms with Crippen LogP contribution in [0.2, 0.25) is 0 Å². The van der Waals surface area contributed by atoms with E-state index >= 15 is 0 Å². The molecule has 0 bridgehead atoms. The maximum atomic E-state index is 12.2. The molecule has 0 aliphatic heterocycles. The van der Waals surface area contributed by atoms with E-state index < -0.39 is 0 Å². The summed E-state index contributed by atoms with van der Waals surface area (Å²) in [5.41, 5.74) is 1.33. The summed E-state index contributed by atoms with van der Waals surface area (Å²) in [5, 5.41) is 0. The second-order valence-corrected chi connectivity index (χ2v) is 9.50. The number of benzene rings is 1. The Morgan fingerprint density at radius 3 is 1.70 bits per heavy atom. The van der Waals surface area contributed by atoms with E-state index in [4.69, 9.17) is 4.74 Å². The van der Waals surface area contributed by atoms with Crippen molar-refractivity contribution >= 4 is 5.97 Å². The highest BCUT2D eigenvalue weighted by Gasteiger charge is 2.14. The minimum absolute atomic E-state index is 0.0955. The molecule has 0 saturated heterocycles. The molecule has 0 saturated carbocycles. The lowest BCUT2D eigenvalue weighted by molar-refractivity contribution is -0.135. The second kappa shape index (κ2) is 16.9. The van der Waals surface area contributed by atoms with Crippen LogP contribution in [0.4, 0.5) is 0 Å². The van der Waals surface area contributed by atoms with Crippen molar-refractivity contribution in [2.24, 2.45) is 5.92 Å². The first-order chi connectivity index (χ1) is 15.8. The van der Waals surface area contributed by atoms with E-state index in [1.165, 1.54) is 5.56 Å². The first-order valence-corrected chi connectivity index (χ1v) is 12.4. The first kappa shape index (κ1) is 28.4. The number of hydrogen-bond donors (Lipinski definition) is 0. The van der Waals surface area contributed by atoms with Crippen LogP contribution in [0.5, 0.6) is 5.75 Å². The van der Waals surface area contributed by atoms with Gasteiger partial charge in [-0.1, -0.05) is 108 Å². The van der Waals surface area contributed by atoms with Gasteiger partial charge in [0.05, 0.1) is 0 Å². The molecule has 0 fully saturated rings. The Bertz CT molecular complexity index is 798. The molecule has 2 nitrogen and oxygen atoms in total. The minimum atomic E-state index is -0.168. The molecule has 1 atom stereocenters. The molecular weight excluding hydrogens is 404 g/mol. The van der Waals surface area contributed by atoms with Gasteiger partial charge in [-0.05, 0) is 67.6 Å². The topological polar surface area (TPSA) is 26.3 Å². The Kier molecular flexibility index (Phi) is 14.6. The molecule has 0 N–H and O–H groups in total. The van der Waals surface area contributed by atoms with E-state index in [1.807, 2.05) is 24.3 Å². The van der Waals surface area contributed by atoms with E-state index in [2.05, 4.69) is 95.4 Å². The van der Waals surface area contributed by atoms with Crippen LogP contribution in [0, 0.1) is 5.92 Å².